The van der Waals surface area contributed by atoms with E-state index < -0.39 is 17.6 Å². The van der Waals surface area contributed by atoms with Crippen LogP contribution in [0.15, 0.2) is 201 Å². The first-order chi connectivity index (χ1) is 31.3. The van der Waals surface area contributed by atoms with Gasteiger partial charge in [-0.3, -0.25) is 25.9 Å². The molecule has 15 nitrogen and oxygen atoms in total. The number of aromatic amines is 3. The van der Waals surface area contributed by atoms with E-state index in [1.807, 2.05) is 109 Å². The summed E-state index contributed by atoms with van der Waals surface area (Å²) in [7, 11) is 0. The quantitative estimate of drug-likeness (QED) is 0.0794. The molecule has 0 saturated carbocycles. The molecule has 0 aliphatic carbocycles. The Kier molecular flexibility index (Phi) is 16.5. The number of carbonyl (C=O) groups is 3. The summed E-state index contributed by atoms with van der Waals surface area (Å²) < 4.78 is 14.9. The van der Waals surface area contributed by atoms with Crippen LogP contribution >= 0.6 is 11.6 Å². The molecule has 0 fully saturated rings. The van der Waals surface area contributed by atoms with Crippen molar-refractivity contribution in [3.05, 3.63) is 201 Å². The fourth-order valence-corrected chi connectivity index (χ4v) is 5.68. The Bertz CT molecular complexity index is 2650. The summed E-state index contributed by atoms with van der Waals surface area (Å²) in [6.45, 7) is 0. The highest BCUT2D eigenvalue weighted by atomic mass is 35.5. The van der Waals surface area contributed by atoms with Gasteiger partial charge in [-0.1, -0.05) is 146 Å². The molecule has 0 aliphatic rings. The van der Waals surface area contributed by atoms with Crippen molar-refractivity contribution >= 4 is 46.3 Å². The summed E-state index contributed by atoms with van der Waals surface area (Å²) in [6.07, 6.45) is 3.60. The lowest BCUT2D eigenvalue weighted by molar-refractivity contribution is 0.214. The van der Waals surface area contributed by atoms with Crippen molar-refractivity contribution in [1.29, 1.82) is 0 Å². The van der Waals surface area contributed by atoms with Crippen LogP contribution in [0.3, 0.4) is 0 Å². The van der Waals surface area contributed by atoms with Gasteiger partial charge in [0, 0.05) is 28.3 Å². The molecule has 9 aromatic rings. The monoisotopic (exact) mass is 873 g/mol. The topological polar surface area (TPSA) is 215 Å². The molecular formula is C48H40ClN9O6. The van der Waals surface area contributed by atoms with Crippen molar-refractivity contribution in [2.24, 2.45) is 0 Å². The van der Waals surface area contributed by atoms with Crippen LogP contribution in [0.5, 0.6) is 17.2 Å². The largest absolute Gasteiger partial charge is 0.417 e. The number of hydrogen-bond acceptors (Lipinski definition) is 10. The molecule has 6 aromatic carbocycles. The Hall–Kier alpha value is -8.95. The van der Waals surface area contributed by atoms with Crippen LogP contribution in [-0.4, -0.2) is 48.2 Å². The molecule has 0 aliphatic heterocycles. The number of ether oxygens (including phenoxy) is 3. The molecule has 0 saturated heterocycles. The van der Waals surface area contributed by atoms with Crippen molar-refractivity contribution in [1.82, 2.24) is 30.6 Å². The maximum Gasteiger partial charge on any atom is 0.417 e. The number of anilines is 3. The van der Waals surface area contributed by atoms with E-state index in [1.165, 1.54) is 0 Å². The molecule has 320 valence electrons. The first kappa shape index (κ1) is 44.6. The van der Waals surface area contributed by atoms with Gasteiger partial charge in [-0.05, 0) is 36.4 Å². The molecule has 3 aromatic heterocycles. The molecular weight excluding hydrogens is 834 g/mol. The number of amides is 2. The fourth-order valence-electron chi connectivity index (χ4n) is 5.59. The number of nitrogens with zero attached hydrogens (tertiary/aromatic N) is 3. The van der Waals surface area contributed by atoms with Gasteiger partial charge in [0.15, 0.2) is 0 Å². The van der Waals surface area contributed by atoms with Gasteiger partial charge in [0.05, 0.1) is 52.7 Å². The molecule has 3 heterocycles. The Morgan fingerprint density at radius 1 is 0.422 bits per heavy atom. The summed E-state index contributed by atoms with van der Waals surface area (Å²) in [4.78, 5) is 33.9. The molecule has 9 rings (SSSR count). The maximum absolute atomic E-state index is 11.9. The van der Waals surface area contributed by atoms with E-state index in [0.717, 1.165) is 33.8 Å². The van der Waals surface area contributed by atoms with E-state index in [9.17, 15) is 14.4 Å². The maximum atomic E-state index is 11.9. The number of benzene rings is 6. The van der Waals surface area contributed by atoms with E-state index in [4.69, 9.17) is 26.8 Å². The number of hydrogen-bond donors (Lipinski definition) is 6. The summed E-state index contributed by atoms with van der Waals surface area (Å²) in [5.41, 5.74) is 12.0. The summed E-state index contributed by atoms with van der Waals surface area (Å²) in [5, 5.41) is 25.7. The van der Waals surface area contributed by atoms with Crippen LogP contribution in [0.4, 0.5) is 31.4 Å². The Labute approximate surface area is 372 Å². The lowest BCUT2D eigenvalue weighted by atomic mass is 10.1. The van der Waals surface area contributed by atoms with E-state index in [1.54, 1.807) is 91.4 Å². The number of H-pyrrole nitrogens is 3. The van der Waals surface area contributed by atoms with Crippen LogP contribution in [0.25, 0.3) is 33.8 Å². The summed E-state index contributed by atoms with van der Waals surface area (Å²) in [6, 6.07) is 55.6. The average molecular weight is 874 g/mol. The van der Waals surface area contributed by atoms with Gasteiger partial charge in [-0.2, -0.15) is 15.3 Å². The summed E-state index contributed by atoms with van der Waals surface area (Å²) >= 11 is 4.95. The minimum Gasteiger partial charge on any atom is -0.415 e. The van der Waals surface area contributed by atoms with Crippen LogP contribution in [0.2, 0.25) is 0 Å². The molecule has 7 N–H and O–H groups in total. The molecule has 0 radical (unpaired) electrons. The van der Waals surface area contributed by atoms with Gasteiger partial charge in [-0.15, -0.1) is 0 Å². The fraction of sp³-hybridized carbons (Fsp3) is 0. The highest BCUT2D eigenvalue weighted by Gasteiger charge is 2.13. The number of aromatic nitrogens is 6. The van der Waals surface area contributed by atoms with Crippen molar-refractivity contribution in [2.75, 3.05) is 16.4 Å². The molecule has 2 amide bonds. The number of rotatable bonds is 8. The normalized spacial score (nSPS) is 9.89. The van der Waals surface area contributed by atoms with Crippen LogP contribution in [0, 0.1) is 0 Å². The molecule has 0 spiro atoms. The second kappa shape index (κ2) is 23.7. The Morgan fingerprint density at radius 3 is 1.05 bits per heavy atom. The van der Waals surface area contributed by atoms with E-state index >= 15 is 0 Å². The third-order valence-corrected chi connectivity index (χ3v) is 8.53. The number of nitrogens with one attached hydrogen (secondary N) is 5. The lowest BCUT2D eigenvalue weighted by Crippen LogP contribution is -2.16. The number of nitrogens with two attached hydrogens (primary N) is 1. The van der Waals surface area contributed by atoms with E-state index in [0.29, 0.717) is 34.3 Å². The zero-order chi connectivity index (χ0) is 44.8. The van der Waals surface area contributed by atoms with E-state index in [2.05, 4.69) is 46.0 Å². The molecule has 64 heavy (non-hydrogen) atoms. The predicted molar refractivity (Wildman–Crippen MR) is 247 cm³/mol. The standard InChI is InChI=1S/2C16H13N3O2.C9H9N3.C7H5ClO2/c2*20-16(21-13-9-5-2-6-10-13)18-14-11-17-19-15(14)12-7-3-1-4-8-12;10-8-6-11-12-9(8)7-4-2-1-3-5-7;8-7(9)10-6-4-2-1-3-5-6/h2*1-11H,(H,17,19)(H,18,20);1-6H,10H2,(H,11,12);1-5H. The zero-order valence-corrected chi connectivity index (χ0v) is 34.6. The van der Waals surface area contributed by atoms with Gasteiger partial charge in [0.25, 0.3) is 0 Å². The van der Waals surface area contributed by atoms with Crippen molar-refractivity contribution in [3.8, 4) is 51.0 Å². The van der Waals surface area contributed by atoms with Gasteiger partial charge in [0.2, 0.25) is 0 Å². The zero-order valence-electron chi connectivity index (χ0n) is 33.8. The first-order valence-corrected chi connectivity index (χ1v) is 19.7. The SMILES string of the molecule is Nc1cn[nH]c1-c1ccccc1.O=C(Cl)Oc1ccccc1.O=C(Nc1cn[nH]c1-c1ccccc1)Oc1ccccc1.O=C(Nc1cn[nH]c1-c1ccccc1)Oc1ccccc1. The second-order valence-corrected chi connectivity index (χ2v) is 13.2. The van der Waals surface area contributed by atoms with Crippen LogP contribution in [0.1, 0.15) is 0 Å². The van der Waals surface area contributed by atoms with Crippen LogP contribution in [-0.2, 0) is 0 Å². The Balaban J connectivity index is 0.000000148. The van der Waals surface area contributed by atoms with Gasteiger partial charge < -0.3 is 19.9 Å². The molecule has 0 bridgehead atoms. The average Bonchev–Trinajstić information content (AvgIpc) is 4.10. The van der Waals surface area contributed by atoms with E-state index in [-0.39, 0.29) is 0 Å². The first-order valence-electron chi connectivity index (χ1n) is 19.3. The number of para-hydroxylation sites is 3. The van der Waals surface area contributed by atoms with Gasteiger partial charge in [0.1, 0.15) is 17.2 Å². The third kappa shape index (κ3) is 14.1. The summed E-state index contributed by atoms with van der Waals surface area (Å²) in [5.74, 6) is 1.43. The minimum atomic E-state index is -0.814. The highest BCUT2D eigenvalue weighted by Crippen LogP contribution is 2.27. The number of nitrogen functional groups attached to an aromatic ring is 1. The molecule has 16 heteroatoms. The number of halogens is 1. The molecule has 0 atom stereocenters. The smallest absolute Gasteiger partial charge is 0.415 e. The molecule has 0 unspecified atom stereocenters. The van der Waals surface area contributed by atoms with Crippen molar-refractivity contribution in [3.63, 3.8) is 0 Å². The van der Waals surface area contributed by atoms with Gasteiger partial charge in [-0.25, -0.2) is 14.4 Å². The third-order valence-electron chi connectivity index (χ3n) is 8.46. The van der Waals surface area contributed by atoms with Crippen molar-refractivity contribution < 1.29 is 28.6 Å². The van der Waals surface area contributed by atoms with Crippen LogP contribution < -0.4 is 30.6 Å². The second-order valence-electron chi connectivity index (χ2n) is 12.9. The lowest BCUT2D eigenvalue weighted by Gasteiger charge is -2.07. The van der Waals surface area contributed by atoms with Gasteiger partial charge >= 0.3 is 17.6 Å². The van der Waals surface area contributed by atoms with Crippen molar-refractivity contribution in [2.45, 2.75) is 0 Å². The highest BCUT2D eigenvalue weighted by molar-refractivity contribution is 6.61. The Morgan fingerprint density at radius 2 is 0.719 bits per heavy atom. The number of carbonyl (C=O) groups excluding carboxylic acids is 3. The predicted octanol–water partition coefficient (Wildman–Crippen LogP) is 11.5. The minimum absolute atomic E-state index is 0.461.